The van der Waals surface area contributed by atoms with Crippen LogP contribution in [0.2, 0.25) is 0 Å². The molecule has 6 nitrogen and oxygen atoms in total. The molecule has 0 saturated heterocycles. The lowest BCUT2D eigenvalue weighted by Crippen LogP contribution is -2.33. The van der Waals surface area contributed by atoms with Crippen LogP contribution in [0.3, 0.4) is 0 Å². The predicted molar refractivity (Wildman–Crippen MR) is 103 cm³/mol. The van der Waals surface area contributed by atoms with E-state index in [-0.39, 0.29) is 17.4 Å². The molecule has 6 heteroatoms. The van der Waals surface area contributed by atoms with E-state index in [0.717, 1.165) is 29.5 Å². The number of aryl methyl sites for hydroxylation is 1. The van der Waals surface area contributed by atoms with Gasteiger partial charge in [0.25, 0.3) is 5.91 Å². The molecular formula is C20H25N5O. The first kappa shape index (κ1) is 17.9. The van der Waals surface area contributed by atoms with E-state index in [9.17, 15) is 4.79 Å². The molecule has 0 bridgehead atoms. The van der Waals surface area contributed by atoms with Crippen molar-refractivity contribution in [1.29, 1.82) is 5.41 Å². The number of nitrogens with one attached hydrogen (secondary N) is 2. The number of amides is 1. The lowest BCUT2D eigenvalue weighted by molar-refractivity contribution is 0.0951. The molecule has 0 unspecified atom stereocenters. The van der Waals surface area contributed by atoms with Gasteiger partial charge in [0.05, 0.1) is 0 Å². The number of hydrogen-bond donors (Lipinski definition) is 3. The molecule has 3 rings (SSSR count). The first-order chi connectivity index (χ1) is 12.3. The van der Waals surface area contributed by atoms with Crippen molar-refractivity contribution >= 4 is 11.9 Å². The van der Waals surface area contributed by atoms with Crippen LogP contribution in [0.25, 0.3) is 11.1 Å². The second-order valence-electron chi connectivity index (χ2n) is 7.03. The Morgan fingerprint density at radius 1 is 1.31 bits per heavy atom. The monoisotopic (exact) mass is 351 g/mol. The van der Waals surface area contributed by atoms with Crippen molar-refractivity contribution in [2.75, 3.05) is 0 Å². The van der Waals surface area contributed by atoms with E-state index in [0.29, 0.717) is 17.6 Å². The summed E-state index contributed by atoms with van der Waals surface area (Å²) in [6, 6.07) is 9.69. The molecule has 2 aromatic rings. The average molecular weight is 351 g/mol. The molecule has 1 fully saturated rings. The second kappa shape index (κ2) is 7.15. The van der Waals surface area contributed by atoms with Gasteiger partial charge in [-0.3, -0.25) is 14.8 Å². The molecule has 136 valence electrons. The summed E-state index contributed by atoms with van der Waals surface area (Å²) < 4.78 is 1.54. The lowest BCUT2D eigenvalue weighted by Gasteiger charge is -2.12. The van der Waals surface area contributed by atoms with Crippen LogP contribution in [0.15, 0.2) is 41.5 Å². The Hall–Kier alpha value is -2.89. The van der Waals surface area contributed by atoms with Gasteiger partial charge >= 0.3 is 0 Å². The summed E-state index contributed by atoms with van der Waals surface area (Å²) in [6.07, 6.45) is 3.87. The van der Waals surface area contributed by atoms with Crippen LogP contribution in [0.1, 0.15) is 42.6 Å². The fourth-order valence-electron chi connectivity index (χ4n) is 2.76. The SMILES string of the molecule is Cc1ccc(C(=O)NC2CC2)cc1-c1ccn(C(N)=NC(C)C)c(=N)c1. The smallest absolute Gasteiger partial charge is 0.251 e. The largest absolute Gasteiger partial charge is 0.369 e. The lowest BCUT2D eigenvalue weighted by atomic mass is 9.98. The number of benzene rings is 1. The molecule has 1 aromatic carbocycles. The first-order valence-corrected chi connectivity index (χ1v) is 8.88. The van der Waals surface area contributed by atoms with Crippen LogP contribution in [0.5, 0.6) is 0 Å². The minimum absolute atomic E-state index is 0.0425. The van der Waals surface area contributed by atoms with E-state index in [2.05, 4.69) is 10.3 Å². The Morgan fingerprint density at radius 3 is 2.65 bits per heavy atom. The van der Waals surface area contributed by atoms with Gasteiger partial charge in [0, 0.05) is 23.8 Å². The summed E-state index contributed by atoms with van der Waals surface area (Å²) in [7, 11) is 0. The van der Waals surface area contributed by atoms with Crippen LogP contribution in [-0.2, 0) is 0 Å². The fraction of sp³-hybridized carbons (Fsp3) is 0.350. The number of nitrogens with zero attached hydrogens (tertiary/aromatic N) is 2. The van der Waals surface area contributed by atoms with Crippen LogP contribution < -0.4 is 16.5 Å². The molecule has 26 heavy (non-hydrogen) atoms. The van der Waals surface area contributed by atoms with Gasteiger partial charge in [-0.25, -0.2) is 4.99 Å². The van der Waals surface area contributed by atoms with Crippen molar-refractivity contribution in [3.63, 3.8) is 0 Å². The van der Waals surface area contributed by atoms with Gasteiger partial charge in [0.2, 0.25) is 5.96 Å². The molecular weight excluding hydrogens is 326 g/mol. The Balaban J connectivity index is 1.94. The zero-order valence-corrected chi connectivity index (χ0v) is 15.4. The van der Waals surface area contributed by atoms with Gasteiger partial charge in [-0.15, -0.1) is 0 Å². The number of hydrogen-bond acceptors (Lipinski definition) is 3. The van der Waals surface area contributed by atoms with Gasteiger partial charge in [-0.05, 0) is 74.6 Å². The molecule has 4 N–H and O–H groups in total. The molecule has 1 amide bonds. The number of pyridine rings is 1. The Kier molecular flexibility index (Phi) is 4.93. The molecule has 0 radical (unpaired) electrons. The summed E-state index contributed by atoms with van der Waals surface area (Å²) in [4.78, 5) is 16.6. The summed E-state index contributed by atoms with van der Waals surface area (Å²) >= 11 is 0. The molecule has 1 saturated carbocycles. The quantitative estimate of drug-likeness (QED) is 0.582. The van der Waals surface area contributed by atoms with Crippen LogP contribution in [-0.4, -0.2) is 28.5 Å². The van der Waals surface area contributed by atoms with E-state index in [1.54, 1.807) is 16.8 Å². The number of carbonyl (C=O) groups is 1. The van der Waals surface area contributed by atoms with Gasteiger partial charge in [0.15, 0.2) is 0 Å². The molecule has 1 aliphatic carbocycles. The molecule has 1 aliphatic rings. The van der Waals surface area contributed by atoms with E-state index in [1.165, 1.54) is 0 Å². The minimum atomic E-state index is -0.0425. The summed E-state index contributed by atoms with van der Waals surface area (Å²) in [5, 5.41) is 11.3. The molecule has 1 heterocycles. The van der Waals surface area contributed by atoms with E-state index in [1.807, 2.05) is 45.0 Å². The zero-order chi connectivity index (χ0) is 18.8. The normalized spacial score (nSPS) is 14.5. The van der Waals surface area contributed by atoms with E-state index >= 15 is 0 Å². The molecule has 0 atom stereocenters. The third kappa shape index (κ3) is 4.02. The number of aromatic nitrogens is 1. The maximum atomic E-state index is 12.3. The molecule has 0 aliphatic heterocycles. The highest BCUT2D eigenvalue weighted by Gasteiger charge is 2.24. The standard InChI is InChI=1S/C20H25N5O/c1-12(2)23-20(22)25-9-8-14(11-18(25)21)17-10-15(5-4-13(17)3)19(26)24-16-6-7-16/h4-5,8-12,16,21H,6-7H2,1-3H3,(H2,22,23)(H,24,26). The Morgan fingerprint density at radius 2 is 2.04 bits per heavy atom. The summed E-state index contributed by atoms with van der Waals surface area (Å²) in [5.41, 5.74) is 9.72. The molecule has 0 spiro atoms. The van der Waals surface area contributed by atoms with Crippen LogP contribution >= 0.6 is 0 Å². The van der Waals surface area contributed by atoms with E-state index in [4.69, 9.17) is 11.1 Å². The Labute approximate surface area is 153 Å². The molecule has 1 aromatic heterocycles. The van der Waals surface area contributed by atoms with Gasteiger partial charge in [-0.2, -0.15) is 0 Å². The maximum Gasteiger partial charge on any atom is 0.251 e. The number of rotatable bonds is 4. The van der Waals surface area contributed by atoms with Gasteiger partial charge in [0.1, 0.15) is 5.49 Å². The van der Waals surface area contributed by atoms with Crippen molar-refractivity contribution in [1.82, 2.24) is 9.88 Å². The number of carbonyl (C=O) groups excluding carboxylic acids is 1. The van der Waals surface area contributed by atoms with Crippen molar-refractivity contribution in [2.24, 2.45) is 10.7 Å². The van der Waals surface area contributed by atoms with E-state index < -0.39 is 0 Å². The summed E-state index contributed by atoms with van der Waals surface area (Å²) in [5.74, 6) is 0.255. The maximum absolute atomic E-state index is 12.3. The van der Waals surface area contributed by atoms with Crippen molar-refractivity contribution in [2.45, 2.75) is 45.7 Å². The predicted octanol–water partition coefficient (Wildman–Crippen LogP) is 2.41. The van der Waals surface area contributed by atoms with Crippen molar-refractivity contribution in [3.05, 3.63) is 53.1 Å². The minimum Gasteiger partial charge on any atom is -0.369 e. The zero-order valence-electron chi connectivity index (χ0n) is 15.4. The highest BCUT2D eigenvalue weighted by molar-refractivity contribution is 5.96. The van der Waals surface area contributed by atoms with Crippen LogP contribution in [0.4, 0.5) is 0 Å². The topological polar surface area (TPSA) is 96.3 Å². The third-order valence-corrected chi connectivity index (χ3v) is 4.32. The third-order valence-electron chi connectivity index (χ3n) is 4.32. The second-order valence-corrected chi connectivity index (χ2v) is 7.03. The summed E-state index contributed by atoms with van der Waals surface area (Å²) in [6.45, 7) is 5.87. The van der Waals surface area contributed by atoms with Crippen LogP contribution in [0, 0.1) is 12.3 Å². The average Bonchev–Trinajstić information content (AvgIpc) is 3.38. The van der Waals surface area contributed by atoms with Crippen molar-refractivity contribution in [3.8, 4) is 11.1 Å². The number of aliphatic imine (C=N–C) groups is 1. The highest BCUT2D eigenvalue weighted by atomic mass is 16.1. The van der Waals surface area contributed by atoms with Gasteiger partial charge in [-0.1, -0.05) is 6.07 Å². The first-order valence-electron chi connectivity index (χ1n) is 8.88. The highest BCUT2D eigenvalue weighted by Crippen LogP contribution is 2.24. The fourth-order valence-corrected chi connectivity index (χ4v) is 2.76. The van der Waals surface area contributed by atoms with Gasteiger partial charge < -0.3 is 11.1 Å². The number of nitrogens with two attached hydrogens (primary N) is 1. The Bertz CT molecular complexity index is 922. The van der Waals surface area contributed by atoms with Crippen molar-refractivity contribution < 1.29 is 4.79 Å².